The van der Waals surface area contributed by atoms with Crippen molar-refractivity contribution in [1.29, 1.82) is 0 Å². The van der Waals surface area contributed by atoms with E-state index in [2.05, 4.69) is 30.6 Å². The maximum Gasteiger partial charge on any atom is 0.292 e. The summed E-state index contributed by atoms with van der Waals surface area (Å²) in [6.07, 6.45) is 2.00. The van der Waals surface area contributed by atoms with Gasteiger partial charge in [0.2, 0.25) is 5.91 Å². The molecule has 2 heterocycles. The summed E-state index contributed by atoms with van der Waals surface area (Å²) >= 11 is 3.41. The number of amides is 1. The number of H-pyrrole nitrogens is 1. The van der Waals surface area contributed by atoms with Gasteiger partial charge in [-0.15, -0.1) is 0 Å². The summed E-state index contributed by atoms with van der Waals surface area (Å²) in [5.74, 6) is 0.454. The lowest BCUT2D eigenvalue weighted by Gasteiger charge is -2.26. The van der Waals surface area contributed by atoms with Crippen molar-refractivity contribution in [2.24, 2.45) is 11.7 Å². The van der Waals surface area contributed by atoms with Gasteiger partial charge >= 0.3 is 0 Å². The molecule has 2 unspecified atom stereocenters. The smallest absolute Gasteiger partial charge is 0.292 e. The Morgan fingerprint density at radius 1 is 1.38 bits per heavy atom. The minimum atomic E-state index is -0.616. The van der Waals surface area contributed by atoms with Crippen LogP contribution in [0.3, 0.4) is 0 Å². The fraction of sp³-hybridized carbons (Fsp3) is 0.400. The van der Waals surface area contributed by atoms with Crippen LogP contribution in [0.2, 0.25) is 0 Å². The van der Waals surface area contributed by atoms with E-state index < -0.39 is 6.04 Å². The number of aromatic nitrogens is 2. The zero-order valence-corrected chi connectivity index (χ0v) is 18.2. The molecular weight excluding hydrogens is 440 g/mol. The molecule has 2 atom stereocenters. The molecule has 2 aromatic rings. The van der Waals surface area contributed by atoms with Gasteiger partial charge in [-0.3, -0.25) is 14.4 Å². The molecule has 0 aliphatic carbocycles. The van der Waals surface area contributed by atoms with Crippen LogP contribution in [-0.4, -0.2) is 52.7 Å². The summed E-state index contributed by atoms with van der Waals surface area (Å²) in [5.41, 5.74) is 7.84. The van der Waals surface area contributed by atoms with Crippen molar-refractivity contribution in [2.75, 3.05) is 13.7 Å². The van der Waals surface area contributed by atoms with E-state index in [9.17, 15) is 9.59 Å². The molecule has 1 aliphatic rings. The molecule has 1 fully saturated rings. The quantitative estimate of drug-likeness (QED) is 0.655. The van der Waals surface area contributed by atoms with Gasteiger partial charge in [0.15, 0.2) is 5.78 Å². The number of ketones is 1. The Morgan fingerprint density at radius 2 is 2.00 bits per heavy atom. The molecule has 1 amide bonds. The van der Waals surface area contributed by atoms with Gasteiger partial charge in [0.05, 0.1) is 37.6 Å². The van der Waals surface area contributed by atoms with Crippen LogP contribution in [0.4, 0.5) is 0 Å². The van der Waals surface area contributed by atoms with E-state index in [1.807, 2.05) is 38.1 Å². The van der Waals surface area contributed by atoms with Crippen molar-refractivity contribution in [2.45, 2.75) is 32.4 Å². The van der Waals surface area contributed by atoms with Crippen LogP contribution < -0.4 is 5.73 Å². The molecule has 0 saturated carbocycles. The molecule has 0 spiro atoms. The summed E-state index contributed by atoms with van der Waals surface area (Å²) in [6.45, 7) is 4.26. The number of nitrogens with two attached hydrogens (primary N) is 1. The Hall–Kier alpha value is -2.52. The lowest BCUT2D eigenvalue weighted by atomic mass is 10.0. The second kappa shape index (κ2) is 10.3. The average molecular weight is 465 g/mol. The number of imidazole rings is 1. The molecule has 29 heavy (non-hydrogen) atoms. The second-order valence-corrected chi connectivity index (χ2v) is 7.93. The molecular formula is C20H25BrN4O4. The van der Waals surface area contributed by atoms with Gasteiger partial charge < -0.3 is 20.4 Å². The van der Waals surface area contributed by atoms with E-state index in [4.69, 9.17) is 10.5 Å². The molecule has 0 bridgehead atoms. The number of nitrogens with one attached hydrogen (secondary N) is 1. The zero-order chi connectivity index (χ0) is 21.6. The van der Waals surface area contributed by atoms with Crippen LogP contribution in [0.5, 0.6) is 0 Å². The van der Waals surface area contributed by atoms with Crippen LogP contribution >= 0.6 is 15.9 Å². The van der Waals surface area contributed by atoms with Crippen LogP contribution in [-0.2, 0) is 19.1 Å². The summed E-state index contributed by atoms with van der Waals surface area (Å²) in [5, 5.41) is 0. The number of Topliss-reactive ketones (excluding diaryl/α,β-unsaturated/α-hetero) is 1. The van der Waals surface area contributed by atoms with Crippen molar-refractivity contribution in [3.8, 4) is 11.3 Å². The van der Waals surface area contributed by atoms with E-state index in [1.165, 1.54) is 7.11 Å². The molecule has 3 rings (SSSR count). The fourth-order valence-electron chi connectivity index (χ4n) is 2.93. The number of hydrogen-bond donors (Lipinski definition) is 2. The van der Waals surface area contributed by atoms with Gasteiger partial charge in [0, 0.05) is 10.9 Å². The van der Waals surface area contributed by atoms with E-state index in [-0.39, 0.29) is 36.6 Å². The van der Waals surface area contributed by atoms with Gasteiger partial charge in [0.1, 0.15) is 5.82 Å². The third-order valence-corrected chi connectivity index (χ3v) is 5.12. The number of halogens is 1. The number of hydrogen-bond acceptors (Lipinski definition) is 6. The number of nitrogens with zero attached hydrogens (tertiary/aromatic N) is 2. The number of aromatic amines is 1. The van der Waals surface area contributed by atoms with E-state index >= 15 is 0 Å². The molecule has 1 aliphatic heterocycles. The number of rotatable bonds is 5. The first-order chi connectivity index (χ1) is 13.8. The first kappa shape index (κ1) is 22.8. The molecule has 1 aromatic heterocycles. The number of methoxy groups -OCH3 is 1. The molecule has 1 aromatic carbocycles. The topological polar surface area (TPSA) is 118 Å². The number of ether oxygens (including phenoxy) is 1. The fourth-order valence-corrected chi connectivity index (χ4v) is 3.19. The first-order valence-corrected chi connectivity index (χ1v) is 9.92. The highest BCUT2D eigenvalue weighted by Gasteiger charge is 2.39. The molecule has 1 saturated heterocycles. The van der Waals surface area contributed by atoms with Gasteiger partial charge in [0.25, 0.3) is 6.47 Å². The molecule has 3 N–H and O–H groups in total. The number of carbonyl (C=O) groups is 3. The van der Waals surface area contributed by atoms with Crippen LogP contribution in [0, 0.1) is 5.92 Å². The minimum Gasteiger partial charge on any atom is -0.471 e. The monoisotopic (exact) mass is 464 g/mol. The van der Waals surface area contributed by atoms with Gasteiger partial charge in [-0.25, -0.2) is 4.98 Å². The number of carbonyl (C=O) groups excluding carboxylic acids is 3. The molecule has 0 radical (unpaired) electrons. The van der Waals surface area contributed by atoms with Crippen LogP contribution in [0.15, 0.2) is 34.9 Å². The summed E-state index contributed by atoms with van der Waals surface area (Å²) in [4.78, 5) is 42.8. The third-order valence-electron chi connectivity index (χ3n) is 4.59. The lowest BCUT2D eigenvalue weighted by molar-refractivity contribution is -0.135. The van der Waals surface area contributed by atoms with Gasteiger partial charge in [-0.1, -0.05) is 41.9 Å². The summed E-state index contributed by atoms with van der Waals surface area (Å²) < 4.78 is 4.86. The van der Waals surface area contributed by atoms with Crippen LogP contribution in [0.1, 0.15) is 32.1 Å². The third kappa shape index (κ3) is 5.74. The highest BCUT2D eigenvalue weighted by molar-refractivity contribution is 9.10. The number of benzene rings is 1. The molecule has 9 heteroatoms. The van der Waals surface area contributed by atoms with Gasteiger partial charge in [-0.05, 0) is 23.6 Å². The Morgan fingerprint density at radius 3 is 2.55 bits per heavy atom. The Kier molecular flexibility index (Phi) is 8.10. The van der Waals surface area contributed by atoms with E-state index in [0.29, 0.717) is 12.3 Å². The maximum atomic E-state index is 12.6. The highest BCUT2D eigenvalue weighted by atomic mass is 79.9. The van der Waals surface area contributed by atoms with Gasteiger partial charge in [-0.2, -0.15) is 0 Å². The largest absolute Gasteiger partial charge is 0.471 e. The molecule has 156 valence electrons. The predicted molar refractivity (Wildman–Crippen MR) is 112 cm³/mol. The van der Waals surface area contributed by atoms with E-state index in [1.54, 1.807) is 11.1 Å². The number of likely N-dealkylation sites (tertiary alicyclic amines) is 1. The van der Waals surface area contributed by atoms with Crippen molar-refractivity contribution in [3.63, 3.8) is 0 Å². The molecule has 8 nitrogen and oxygen atoms in total. The maximum absolute atomic E-state index is 12.6. The lowest BCUT2D eigenvalue weighted by Crippen LogP contribution is -2.46. The van der Waals surface area contributed by atoms with Crippen LogP contribution in [0.25, 0.3) is 11.3 Å². The predicted octanol–water partition coefficient (Wildman–Crippen LogP) is 2.45. The highest BCUT2D eigenvalue weighted by Crippen LogP contribution is 2.31. The van der Waals surface area contributed by atoms with Crippen molar-refractivity contribution in [1.82, 2.24) is 14.9 Å². The zero-order valence-electron chi connectivity index (χ0n) is 16.6. The normalized spacial score (nSPS) is 17.0. The van der Waals surface area contributed by atoms with Crippen molar-refractivity contribution in [3.05, 3.63) is 40.8 Å². The summed E-state index contributed by atoms with van der Waals surface area (Å²) in [6, 6.07) is 6.85. The SMILES string of the molecule is CC(C)C(N)C(=O)N1CC(=O)CC1c1ncc(-c2ccc(Br)cc2)[nH]1.COC=O. The summed E-state index contributed by atoms with van der Waals surface area (Å²) in [7, 11) is 1.31. The minimum absolute atomic E-state index is 0.0128. The first-order valence-electron chi connectivity index (χ1n) is 9.13. The van der Waals surface area contributed by atoms with Crippen molar-refractivity contribution < 1.29 is 19.1 Å². The Bertz CT molecular complexity index is 850. The Labute approximate surface area is 177 Å². The van der Waals surface area contributed by atoms with E-state index in [0.717, 1.165) is 15.7 Å². The second-order valence-electron chi connectivity index (χ2n) is 7.02. The average Bonchev–Trinajstić information content (AvgIpc) is 3.34. The van der Waals surface area contributed by atoms with Crippen molar-refractivity contribution >= 4 is 34.1 Å². The Balaban J connectivity index is 0.000000687. The standard InChI is InChI=1S/C18H21BrN4O2.C2H4O2/c1-10(2)16(20)18(25)23-9-13(24)7-15(23)17-21-8-14(22-17)11-3-5-12(19)6-4-11;1-4-2-3/h3-6,8,10,15-16H,7,9,20H2,1-2H3,(H,21,22);2H,1H3.